The molecule has 0 aliphatic carbocycles. The topological polar surface area (TPSA) is 129 Å². The summed E-state index contributed by atoms with van der Waals surface area (Å²) in [7, 11) is 0. The molecule has 3 N–H and O–H groups in total. The molecule has 0 saturated heterocycles. The van der Waals surface area contributed by atoms with Gasteiger partial charge in [-0.15, -0.1) is 5.10 Å². The van der Waals surface area contributed by atoms with Gasteiger partial charge in [-0.3, -0.25) is 19.9 Å². The molecule has 0 aliphatic rings. The SMILES string of the molecule is O=C(Nc1nc(C(F)(F)F)cc(=O)[nH]1)c1nnn[nH]1. The van der Waals surface area contributed by atoms with Crippen LogP contribution in [0.25, 0.3) is 0 Å². The molecule has 0 aliphatic heterocycles. The molecule has 0 saturated carbocycles. The first-order valence-corrected chi connectivity index (χ1v) is 4.60. The van der Waals surface area contributed by atoms with Crippen molar-refractivity contribution < 1.29 is 18.0 Å². The highest BCUT2D eigenvalue weighted by Gasteiger charge is 2.33. The summed E-state index contributed by atoms with van der Waals surface area (Å²) in [6.45, 7) is 0. The van der Waals surface area contributed by atoms with E-state index in [-0.39, 0.29) is 11.9 Å². The first-order valence-electron chi connectivity index (χ1n) is 4.60. The first-order chi connectivity index (χ1) is 8.86. The Kier molecular flexibility index (Phi) is 2.98. The van der Waals surface area contributed by atoms with Crippen molar-refractivity contribution in [3.8, 4) is 0 Å². The molecule has 0 bridgehead atoms. The van der Waals surface area contributed by atoms with Crippen molar-refractivity contribution in [1.82, 2.24) is 30.6 Å². The number of aromatic amines is 2. The van der Waals surface area contributed by atoms with Gasteiger partial charge in [0.15, 0.2) is 5.69 Å². The van der Waals surface area contributed by atoms with Gasteiger partial charge in [0.2, 0.25) is 11.8 Å². The van der Waals surface area contributed by atoms with Gasteiger partial charge in [0.1, 0.15) is 0 Å². The second-order valence-corrected chi connectivity index (χ2v) is 3.18. The van der Waals surface area contributed by atoms with Gasteiger partial charge in [-0.1, -0.05) is 0 Å². The largest absolute Gasteiger partial charge is 0.433 e. The standard InChI is InChI=1S/C7H4F3N7O2/c8-7(9,10)2-1-3(18)12-6(11-2)13-5(19)4-14-16-17-15-4/h1H,(H,14,15,16,17)(H2,11,12,13,18,19). The van der Waals surface area contributed by atoms with E-state index < -0.39 is 29.3 Å². The number of carbonyl (C=O) groups is 1. The van der Waals surface area contributed by atoms with Crippen LogP contribution in [-0.2, 0) is 6.18 Å². The van der Waals surface area contributed by atoms with Crippen molar-refractivity contribution in [3.05, 3.63) is 27.9 Å². The number of anilines is 1. The van der Waals surface area contributed by atoms with Crippen molar-refractivity contribution in [1.29, 1.82) is 0 Å². The average molecular weight is 275 g/mol. The van der Waals surface area contributed by atoms with E-state index in [0.717, 1.165) is 0 Å². The number of tetrazole rings is 1. The van der Waals surface area contributed by atoms with Gasteiger partial charge in [0.05, 0.1) is 0 Å². The van der Waals surface area contributed by atoms with Gasteiger partial charge in [-0.25, -0.2) is 10.1 Å². The lowest BCUT2D eigenvalue weighted by molar-refractivity contribution is -0.141. The smallest absolute Gasteiger partial charge is 0.292 e. The summed E-state index contributed by atoms with van der Waals surface area (Å²) in [5.41, 5.74) is -2.49. The lowest BCUT2D eigenvalue weighted by Gasteiger charge is -2.07. The van der Waals surface area contributed by atoms with Crippen molar-refractivity contribution >= 4 is 11.9 Å². The summed E-state index contributed by atoms with van der Waals surface area (Å²) in [6, 6.07) is 0.270. The molecule has 12 heteroatoms. The van der Waals surface area contributed by atoms with Gasteiger partial charge in [0.25, 0.3) is 11.5 Å². The Bertz CT molecular complexity index is 647. The van der Waals surface area contributed by atoms with Crippen LogP contribution in [0, 0.1) is 0 Å². The Morgan fingerprint density at radius 1 is 1.37 bits per heavy atom. The van der Waals surface area contributed by atoms with Crippen LogP contribution < -0.4 is 10.9 Å². The maximum atomic E-state index is 12.4. The Labute approximate surface area is 101 Å². The zero-order valence-electron chi connectivity index (χ0n) is 8.82. The number of halogens is 3. The molecule has 19 heavy (non-hydrogen) atoms. The number of aromatic nitrogens is 6. The van der Waals surface area contributed by atoms with Crippen molar-refractivity contribution in [2.45, 2.75) is 6.18 Å². The third kappa shape index (κ3) is 2.91. The van der Waals surface area contributed by atoms with E-state index in [2.05, 4.69) is 25.6 Å². The summed E-state index contributed by atoms with van der Waals surface area (Å²) in [5, 5.41) is 13.5. The molecule has 0 fully saturated rings. The molecule has 100 valence electrons. The highest BCUT2D eigenvalue weighted by molar-refractivity contribution is 6.00. The minimum absolute atomic E-state index is 0.270. The number of amides is 1. The number of rotatable bonds is 2. The number of hydrogen-bond acceptors (Lipinski definition) is 6. The zero-order chi connectivity index (χ0) is 14.0. The number of alkyl halides is 3. The predicted molar refractivity (Wildman–Crippen MR) is 52.0 cm³/mol. The minimum atomic E-state index is -4.80. The summed E-state index contributed by atoms with van der Waals surface area (Å²) in [6.07, 6.45) is -4.80. The molecule has 1 amide bonds. The van der Waals surface area contributed by atoms with Crippen LogP contribution in [0.4, 0.5) is 19.1 Å². The maximum absolute atomic E-state index is 12.4. The Hall–Kier alpha value is -2.79. The molecule has 9 nitrogen and oxygen atoms in total. The van der Waals surface area contributed by atoms with Gasteiger partial charge in [-0.2, -0.15) is 13.2 Å². The van der Waals surface area contributed by atoms with Gasteiger partial charge in [0, 0.05) is 6.07 Å². The number of nitrogens with zero attached hydrogens (tertiary/aromatic N) is 4. The number of H-pyrrole nitrogens is 2. The van der Waals surface area contributed by atoms with Crippen LogP contribution in [0.15, 0.2) is 10.9 Å². The van der Waals surface area contributed by atoms with E-state index in [9.17, 15) is 22.8 Å². The molecule has 2 heterocycles. The predicted octanol–water partition coefficient (Wildman–Crippen LogP) is -0.446. The van der Waals surface area contributed by atoms with Crippen molar-refractivity contribution in [3.63, 3.8) is 0 Å². The minimum Gasteiger partial charge on any atom is -0.292 e. The fourth-order valence-corrected chi connectivity index (χ4v) is 1.08. The van der Waals surface area contributed by atoms with Crippen molar-refractivity contribution in [2.24, 2.45) is 0 Å². The molecule has 2 rings (SSSR count). The Morgan fingerprint density at radius 2 is 2.11 bits per heavy atom. The van der Waals surface area contributed by atoms with Crippen LogP contribution in [0.3, 0.4) is 0 Å². The Morgan fingerprint density at radius 3 is 2.68 bits per heavy atom. The van der Waals surface area contributed by atoms with E-state index in [1.165, 1.54) is 0 Å². The lowest BCUT2D eigenvalue weighted by Crippen LogP contribution is -2.22. The molecule has 0 unspecified atom stereocenters. The quantitative estimate of drug-likeness (QED) is 0.681. The fraction of sp³-hybridized carbons (Fsp3) is 0.143. The third-order valence-corrected chi connectivity index (χ3v) is 1.82. The molecular weight excluding hydrogens is 271 g/mol. The number of carbonyl (C=O) groups excluding carboxylic acids is 1. The zero-order valence-corrected chi connectivity index (χ0v) is 8.82. The normalized spacial score (nSPS) is 11.3. The maximum Gasteiger partial charge on any atom is 0.433 e. The van der Waals surface area contributed by atoms with Crippen LogP contribution >= 0.6 is 0 Å². The van der Waals surface area contributed by atoms with Gasteiger partial charge >= 0.3 is 6.18 Å². The van der Waals surface area contributed by atoms with Crippen LogP contribution in [0.5, 0.6) is 0 Å². The fourth-order valence-electron chi connectivity index (χ4n) is 1.08. The van der Waals surface area contributed by atoms with Crippen LogP contribution in [0.2, 0.25) is 0 Å². The summed E-state index contributed by atoms with van der Waals surface area (Å²) >= 11 is 0. The highest BCUT2D eigenvalue weighted by Crippen LogP contribution is 2.26. The molecule has 0 aromatic carbocycles. The summed E-state index contributed by atoms with van der Waals surface area (Å²) in [4.78, 5) is 27.4. The lowest BCUT2D eigenvalue weighted by atomic mass is 10.4. The van der Waals surface area contributed by atoms with E-state index in [4.69, 9.17) is 0 Å². The van der Waals surface area contributed by atoms with E-state index in [1.807, 2.05) is 10.3 Å². The second-order valence-electron chi connectivity index (χ2n) is 3.18. The molecule has 0 spiro atoms. The molecule has 2 aromatic rings. The molecular formula is C7H4F3N7O2. The third-order valence-electron chi connectivity index (χ3n) is 1.82. The van der Waals surface area contributed by atoms with Crippen LogP contribution in [0.1, 0.15) is 16.3 Å². The van der Waals surface area contributed by atoms with E-state index in [0.29, 0.717) is 0 Å². The van der Waals surface area contributed by atoms with Gasteiger partial charge < -0.3 is 0 Å². The highest BCUT2D eigenvalue weighted by atomic mass is 19.4. The summed E-state index contributed by atoms with van der Waals surface area (Å²) < 4.78 is 37.2. The number of hydrogen-bond donors (Lipinski definition) is 3. The molecule has 0 atom stereocenters. The van der Waals surface area contributed by atoms with Crippen molar-refractivity contribution in [2.75, 3.05) is 5.32 Å². The molecule has 0 radical (unpaired) electrons. The summed E-state index contributed by atoms with van der Waals surface area (Å²) in [5.74, 6) is -1.96. The number of nitrogens with one attached hydrogen (secondary N) is 3. The molecule has 2 aromatic heterocycles. The monoisotopic (exact) mass is 275 g/mol. The second kappa shape index (κ2) is 4.47. The van der Waals surface area contributed by atoms with E-state index in [1.54, 1.807) is 0 Å². The van der Waals surface area contributed by atoms with Gasteiger partial charge in [-0.05, 0) is 10.4 Å². The van der Waals surface area contributed by atoms with E-state index >= 15 is 0 Å². The first kappa shape index (κ1) is 12.7. The average Bonchev–Trinajstić information content (AvgIpc) is 2.80. The van der Waals surface area contributed by atoms with Crippen LogP contribution in [-0.4, -0.2) is 36.5 Å². The Balaban J connectivity index is 2.29.